The Kier molecular flexibility index (Phi) is 2.91. The molecule has 0 bridgehead atoms. The minimum Gasteiger partial charge on any atom is -0.425 e. The van der Waals surface area contributed by atoms with Crippen molar-refractivity contribution in [2.45, 2.75) is 17.8 Å². The highest BCUT2D eigenvalue weighted by Crippen LogP contribution is 2.20. The maximum absolute atomic E-state index is 5.54. The van der Waals surface area contributed by atoms with Gasteiger partial charge in [0.2, 0.25) is 11.8 Å². The van der Waals surface area contributed by atoms with Crippen LogP contribution in [0, 0.1) is 6.92 Å². The van der Waals surface area contributed by atoms with Crippen LogP contribution in [0.5, 0.6) is 0 Å². The van der Waals surface area contributed by atoms with Gasteiger partial charge in [-0.2, -0.15) is 0 Å². The first-order valence-corrected chi connectivity index (χ1v) is 5.44. The van der Waals surface area contributed by atoms with Gasteiger partial charge >= 0.3 is 0 Å². The second-order valence-electron chi connectivity index (χ2n) is 3.00. The van der Waals surface area contributed by atoms with Gasteiger partial charge in [-0.25, -0.2) is 9.97 Å². The molecule has 0 unspecified atom stereocenters. The van der Waals surface area contributed by atoms with Crippen LogP contribution < -0.4 is 11.5 Å². The zero-order valence-electron chi connectivity index (χ0n) is 8.54. The molecule has 2 aromatic rings. The molecule has 8 heteroatoms. The summed E-state index contributed by atoms with van der Waals surface area (Å²) in [5.74, 6) is 2.23. The molecule has 0 amide bonds. The molecule has 16 heavy (non-hydrogen) atoms. The normalized spacial score (nSPS) is 10.6. The highest BCUT2D eigenvalue weighted by Gasteiger charge is 2.06. The Bertz CT molecular complexity index is 479. The maximum atomic E-state index is 5.54. The SMILES string of the molecule is Cc1nnc(CSc2nc(N)cc(N)n2)o1. The van der Waals surface area contributed by atoms with Crippen LogP contribution >= 0.6 is 11.8 Å². The summed E-state index contributed by atoms with van der Waals surface area (Å²) in [4.78, 5) is 8.03. The Balaban J connectivity index is 2.04. The molecule has 0 aliphatic rings. The fourth-order valence-electron chi connectivity index (χ4n) is 1.05. The van der Waals surface area contributed by atoms with Crippen molar-refractivity contribution in [3.05, 3.63) is 17.8 Å². The van der Waals surface area contributed by atoms with Crippen molar-refractivity contribution in [3.8, 4) is 0 Å². The number of hydrogen-bond donors (Lipinski definition) is 2. The van der Waals surface area contributed by atoms with Gasteiger partial charge in [-0.3, -0.25) is 0 Å². The molecule has 7 nitrogen and oxygen atoms in total. The maximum Gasteiger partial charge on any atom is 0.226 e. The van der Waals surface area contributed by atoms with Crippen LogP contribution in [-0.2, 0) is 5.75 Å². The predicted molar refractivity (Wildman–Crippen MR) is 59.5 cm³/mol. The zero-order valence-corrected chi connectivity index (χ0v) is 9.36. The molecule has 0 saturated heterocycles. The molecular formula is C8H10N6OS. The van der Waals surface area contributed by atoms with Crippen molar-refractivity contribution in [2.75, 3.05) is 11.5 Å². The average molecular weight is 238 g/mol. The van der Waals surface area contributed by atoms with E-state index in [0.717, 1.165) is 0 Å². The quantitative estimate of drug-likeness (QED) is 0.590. The summed E-state index contributed by atoms with van der Waals surface area (Å²) in [6, 6.07) is 1.50. The highest BCUT2D eigenvalue weighted by atomic mass is 32.2. The summed E-state index contributed by atoms with van der Waals surface area (Å²) in [7, 11) is 0. The van der Waals surface area contributed by atoms with Crippen LogP contribution in [0.25, 0.3) is 0 Å². The van der Waals surface area contributed by atoms with Crippen LogP contribution in [-0.4, -0.2) is 20.2 Å². The second-order valence-corrected chi connectivity index (χ2v) is 3.95. The zero-order chi connectivity index (χ0) is 11.5. The lowest BCUT2D eigenvalue weighted by molar-refractivity contribution is 0.485. The van der Waals surface area contributed by atoms with Crippen LogP contribution in [0.1, 0.15) is 11.8 Å². The van der Waals surface area contributed by atoms with Crippen molar-refractivity contribution >= 4 is 23.4 Å². The van der Waals surface area contributed by atoms with Gasteiger partial charge in [0.05, 0.1) is 5.75 Å². The number of nitrogen functional groups attached to an aromatic ring is 2. The van der Waals surface area contributed by atoms with E-state index >= 15 is 0 Å². The monoisotopic (exact) mass is 238 g/mol. The van der Waals surface area contributed by atoms with Gasteiger partial charge in [0.25, 0.3) is 0 Å². The van der Waals surface area contributed by atoms with Gasteiger partial charge in [-0.05, 0) is 0 Å². The second kappa shape index (κ2) is 4.35. The fraction of sp³-hybridized carbons (Fsp3) is 0.250. The van der Waals surface area contributed by atoms with Gasteiger partial charge in [0.1, 0.15) is 11.6 Å². The van der Waals surface area contributed by atoms with Crippen LogP contribution in [0.3, 0.4) is 0 Å². The lowest BCUT2D eigenvalue weighted by Gasteiger charge is -2.00. The molecule has 0 aliphatic carbocycles. The number of hydrogen-bond acceptors (Lipinski definition) is 8. The fourth-order valence-corrected chi connectivity index (χ4v) is 1.76. The van der Waals surface area contributed by atoms with E-state index in [-0.39, 0.29) is 0 Å². The molecular weight excluding hydrogens is 228 g/mol. The summed E-state index contributed by atoms with van der Waals surface area (Å²) in [5.41, 5.74) is 11.1. The highest BCUT2D eigenvalue weighted by molar-refractivity contribution is 7.98. The summed E-state index contributed by atoms with van der Waals surface area (Å²) < 4.78 is 5.20. The molecule has 0 aromatic carbocycles. The predicted octanol–water partition coefficient (Wildman–Crippen LogP) is 0.625. The molecule has 0 saturated carbocycles. The van der Waals surface area contributed by atoms with Gasteiger partial charge in [-0.1, -0.05) is 11.8 Å². The van der Waals surface area contributed by atoms with E-state index in [1.165, 1.54) is 17.8 Å². The number of nitrogens with two attached hydrogens (primary N) is 2. The third-order valence-corrected chi connectivity index (χ3v) is 2.47. The van der Waals surface area contributed by atoms with Crippen molar-refractivity contribution in [1.82, 2.24) is 20.2 Å². The molecule has 4 N–H and O–H groups in total. The first-order valence-electron chi connectivity index (χ1n) is 4.45. The van der Waals surface area contributed by atoms with Crippen LogP contribution in [0.2, 0.25) is 0 Å². The van der Waals surface area contributed by atoms with Gasteiger partial charge in [0.15, 0.2) is 5.16 Å². The van der Waals surface area contributed by atoms with E-state index in [9.17, 15) is 0 Å². The molecule has 0 aliphatic heterocycles. The molecule has 0 atom stereocenters. The van der Waals surface area contributed by atoms with E-state index in [4.69, 9.17) is 15.9 Å². The van der Waals surface area contributed by atoms with Crippen LogP contribution in [0.4, 0.5) is 11.6 Å². The lowest BCUT2D eigenvalue weighted by Crippen LogP contribution is -1.99. The molecule has 0 spiro atoms. The number of nitrogens with zero attached hydrogens (tertiary/aromatic N) is 4. The Morgan fingerprint density at radius 1 is 1.25 bits per heavy atom. The standard InChI is InChI=1S/C8H10N6OS/c1-4-13-14-7(15-4)3-16-8-11-5(9)2-6(10)12-8/h2H,3H2,1H3,(H4,9,10,11,12). The van der Waals surface area contributed by atoms with E-state index in [0.29, 0.717) is 34.3 Å². The molecule has 2 heterocycles. The smallest absolute Gasteiger partial charge is 0.226 e. The van der Waals surface area contributed by atoms with E-state index in [1.54, 1.807) is 6.92 Å². The Morgan fingerprint density at radius 3 is 2.50 bits per heavy atom. The van der Waals surface area contributed by atoms with Gasteiger partial charge < -0.3 is 15.9 Å². The Labute approximate surface area is 95.7 Å². The number of aryl methyl sites for hydroxylation is 1. The van der Waals surface area contributed by atoms with E-state index < -0.39 is 0 Å². The van der Waals surface area contributed by atoms with Gasteiger partial charge in [-0.15, -0.1) is 10.2 Å². The van der Waals surface area contributed by atoms with Crippen molar-refractivity contribution in [2.24, 2.45) is 0 Å². The first kappa shape index (κ1) is 10.7. The number of aromatic nitrogens is 4. The minimum absolute atomic E-state index is 0.344. The van der Waals surface area contributed by atoms with Crippen molar-refractivity contribution in [1.29, 1.82) is 0 Å². The first-order chi connectivity index (χ1) is 7.63. The van der Waals surface area contributed by atoms with Crippen LogP contribution in [0.15, 0.2) is 15.6 Å². The number of anilines is 2. The molecule has 2 aromatic heterocycles. The van der Waals surface area contributed by atoms with Crippen molar-refractivity contribution < 1.29 is 4.42 Å². The van der Waals surface area contributed by atoms with Gasteiger partial charge in [0, 0.05) is 13.0 Å². The molecule has 0 fully saturated rings. The number of thioether (sulfide) groups is 1. The Morgan fingerprint density at radius 2 is 1.94 bits per heavy atom. The summed E-state index contributed by atoms with van der Waals surface area (Å²) in [6.45, 7) is 1.73. The van der Waals surface area contributed by atoms with E-state index in [1.807, 2.05) is 0 Å². The summed E-state index contributed by atoms with van der Waals surface area (Å²) >= 11 is 1.34. The Hall–Kier alpha value is -1.83. The molecule has 0 radical (unpaired) electrons. The topological polar surface area (TPSA) is 117 Å². The molecule has 2 rings (SSSR count). The third kappa shape index (κ3) is 2.60. The summed E-state index contributed by atoms with van der Waals surface area (Å²) in [6.07, 6.45) is 0. The van der Waals surface area contributed by atoms with E-state index in [2.05, 4.69) is 20.2 Å². The van der Waals surface area contributed by atoms with Crippen molar-refractivity contribution in [3.63, 3.8) is 0 Å². The third-order valence-electron chi connectivity index (χ3n) is 1.64. The minimum atomic E-state index is 0.344. The lowest BCUT2D eigenvalue weighted by atomic mass is 10.5. The number of rotatable bonds is 3. The summed E-state index contributed by atoms with van der Waals surface area (Å²) in [5, 5.41) is 8.06. The average Bonchev–Trinajstić information content (AvgIpc) is 2.60. The molecule has 84 valence electrons. The largest absolute Gasteiger partial charge is 0.425 e.